The lowest BCUT2D eigenvalue weighted by molar-refractivity contribution is 0.0291. The summed E-state index contributed by atoms with van der Waals surface area (Å²) in [6.07, 6.45) is 1.19. The van der Waals surface area contributed by atoms with Crippen LogP contribution in [0.3, 0.4) is 0 Å². The van der Waals surface area contributed by atoms with Crippen LogP contribution in [0, 0.1) is 0 Å². The van der Waals surface area contributed by atoms with Gasteiger partial charge in [-0.2, -0.15) is 0 Å². The zero-order chi connectivity index (χ0) is 9.64. The molecule has 2 fully saturated rings. The average molecular weight is 200 g/mol. The Bertz CT molecular complexity index is 136. The number of rotatable bonds is 3. The van der Waals surface area contributed by atoms with Crippen LogP contribution in [0.4, 0.5) is 0 Å². The van der Waals surface area contributed by atoms with E-state index < -0.39 is 0 Å². The fourth-order valence-electron chi connectivity index (χ4n) is 1.97. The minimum Gasteiger partial charge on any atom is -0.379 e. The van der Waals surface area contributed by atoms with Gasteiger partial charge >= 0.3 is 0 Å². The first kappa shape index (κ1) is 10.4. The van der Waals surface area contributed by atoms with Crippen molar-refractivity contribution in [2.75, 3.05) is 52.6 Å². The van der Waals surface area contributed by atoms with Crippen LogP contribution in [0.2, 0.25) is 0 Å². The van der Waals surface area contributed by atoms with Gasteiger partial charge < -0.3 is 14.8 Å². The van der Waals surface area contributed by atoms with E-state index in [0.717, 1.165) is 46.1 Å². The van der Waals surface area contributed by atoms with Crippen LogP contribution in [0.15, 0.2) is 0 Å². The van der Waals surface area contributed by atoms with Crippen molar-refractivity contribution in [2.45, 2.75) is 12.5 Å². The van der Waals surface area contributed by atoms with Crippen LogP contribution < -0.4 is 5.32 Å². The molecule has 0 amide bonds. The quantitative estimate of drug-likeness (QED) is 0.678. The number of nitrogens with one attached hydrogen (secondary N) is 1. The summed E-state index contributed by atoms with van der Waals surface area (Å²) in [6.45, 7) is 7.90. The third kappa shape index (κ3) is 3.20. The maximum atomic E-state index is 5.42. The van der Waals surface area contributed by atoms with Crippen molar-refractivity contribution in [2.24, 2.45) is 0 Å². The molecular formula is C10H20N2O2. The highest BCUT2D eigenvalue weighted by Gasteiger charge is 2.15. The molecule has 2 aliphatic rings. The predicted molar refractivity (Wildman–Crippen MR) is 54.5 cm³/mol. The molecule has 0 bridgehead atoms. The standard InChI is InChI=1S/C10H20N2O2/c1(10-9-14-6-2-11-10)3-12-4-7-13-8-5-12/h10-11H,1-9H2. The van der Waals surface area contributed by atoms with Gasteiger partial charge in [0.2, 0.25) is 0 Å². The SMILES string of the molecule is C1COCC(CCN2CCOCC2)N1. The largest absolute Gasteiger partial charge is 0.379 e. The lowest BCUT2D eigenvalue weighted by Crippen LogP contribution is -2.44. The molecule has 2 heterocycles. The van der Waals surface area contributed by atoms with Gasteiger partial charge in [0.05, 0.1) is 26.4 Å². The smallest absolute Gasteiger partial charge is 0.0620 e. The summed E-state index contributed by atoms with van der Waals surface area (Å²) in [5.41, 5.74) is 0. The second-order valence-corrected chi connectivity index (χ2v) is 3.97. The van der Waals surface area contributed by atoms with Crippen LogP contribution in [0.5, 0.6) is 0 Å². The van der Waals surface area contributed by atoms with Gasteiger partial charge in [-0.05, 0) is 13.0 Å². The Morgan fingerprint density at radius 3 is 2.71 bits per heavy atom. The highest BCUT2D eigenvalue weighted by atomic mass is 16.5. The summed E-state index contributed by atoms with van der Waals surface area (Å²) in [6, 6.07) is 0.562. The minimum absolute atomic E-state index is 0.562. The van der Waals surface area contributed by atoms with Gasteiger partial charge in [-0.15, -0.1) is 0 Å². The Hall–Kier alpha value is -0.160. The first-order chi connectivity index (χ1) is 6.95. The summed E-state index contributed by atoms with van der Waals surface area (Å²) in [5.74, 6) is 0. The van der Waals surface area contributed by atoms with Crippen molar-refractivity contribution in [3.8, 4) is 0 Å². The molecule has 1 atom stereocenters. The topological polar surface area (TPSA) is 33.7 Å². The average Bonchev–Trinajstić information content (AvgIpc) is 2.29. The van der Waals surface area contributed by atoms with E-state index in [2.05, 4.69) is 10.2 Å². The second kappa shape index (κ2) is 5.66. The number of morpholine rings is 2. The van der Waals surface area contributed by atoms with Crippen molar-refractivity contribution < 1.29 is 9.47 Å². The number of ether oxygens (including phenoxy) is 2. The Labute approximate surface area is 85.5 Å². The molecule has 0 aliphatic carbocycles. The lowest BCUT2D eigenvalue weighted by atomic mass is 10.2. The van der Waals surface area contributed by atoms with Crippen molar-refractivity contribution in [3.63, 3.8) is 0 Å². The van der Waals surface area contributed by atoms with Crippen molar-refractivity contribution in [1.29, 1.82) is 0 Å². The van der Waals surface area contributed by atoms with Crippen LogP contribution >= 0.6 is 0 Å². The third-order valence-electron chi connectivity index (χ3n) is 2.90. The van der Waals surface area contributed by atoms with Gasteiger partial charge in [0, 0.05) is 25.7 Å². The minimum atomic E-state index is 0.562. The van der Waals surface area contributed by atoms with Gasteiger partial charge in [-0.3, -0.25) is 4.90 Å². The predicted octanol–water partition coefficient (Wildman–Crippen LogP) is -0.303. The van der Waals surface area contributed by atoms with E-state index in [0.29, 0.717) is 6.04 Å². The molecule has 0 aromatic heterocycles. The molecule has 0 radical (unpaired) electrons. The van der Waals surface area contributed by atoms with Crippen LogP contribution in [-0.2, 0) is 9.47 Å². The van der Waals surface area contributed by atoms with Crippen molar-refractivity contribution in [3.05, 3.63) is 0 Å². The van der Waals surface area contributed by atoms with E-state index in [-0.39, 0.29) is 0 Å². The fraction of sp³-hybridized carbons (Fsp3) is 1.00. The molecule has 82 valence electrons. The molecule has 4 heteroatoms. The highest BCUT2D eigenvalue weighted by molar-refractivity contribution is 4.72. The van der Waals surface area contributed by atoms with E-state index in [1.165, 1.54) is 13.0 Å². The van der Waals surface area contributed by atoms with Crippen molar-refractivity contribution in [1.82, 2.24) is 10.2 Å². The summed E-state index contributed by atoms with van der Waals surface area (Å²) < 4.78 is 10.7. The molecule has 0 saturated carbocycles. The van der Waals surface area contributed by atoms with E-state index >= 15 is 0 Å². The normalized spacial score (nSPS) is 30.4. The van der Waals surface area contributed by atoms with Gasteiger partial charge in [0.15, 0.2) is 0 Å². The molecule has 1 N–H and O–H groups in total. The van der Waals surface area contributed by atoms with Gasteiger partial charge in [-0.1, -0.05) is 0 Å². The first-order valence-corrected chi connectivity index (χ1v) is 5.56. The Balaban J connectivity index is 1.60. The Kier molecular flexibility index (Phi) is 4.19. The van der Waals surface area contributed by atoms with Crippen LogP contribution in [0.1, 0.15) is 6.42 Å². The second-order valence-electron chi connectivity index (χ2n) is 3.97. The molecule has 0 aromatic carbocycles. The molecule has 2 rings (SSSR count). The molecule has 0 aromatic rings. The fourth-order valence-corrected chi connectivity index (χ4v) is 1.97. The van der Waals surface area contributed by atoms with Gasteiger partial charge in [0.25, 0.3) is 0 Å². The van der Waals surface area contributed by atoms with E-state index in [9.17, 15) is 0 Å². The maximum Gasteiger partial charge on any atom is 0.0620 e. The molecule has 4 nitrogen and oxygen atoms in total. The monoisotopic (exact) mass is 200 g/mol. The molecule has 14 heavy (non-hydrogen) atoms. The third-order valence-corrected chi connectivity index (χ3v) is 2.90. The van der Waals surface area contributed by atoms with Crippen LogP contribution in [0.25, 0.3) is 0 Å². The Morgan fingerprint density at radius 1 is 1.14 bits per heavy atom. The van der Waals surface area contributed by atoms with Gasteiger partial charge in [0.1, 0.15) is 0 Å². The summed E-state index contributed by atoms with van der Waals surface area (Å²) >= 11 is 0. The molecule has 2 aliphatic heterocycles. The van der Waals surface area contributed by atoms with Crippen LogP contribution in [-0.4, -0.2) is 63.5 Å². The lowest BCUT2D eigenvalue weighted by Gasteiger charge is -2.30. The summed E-state index contributed by atoms with van der Waals surface area (Å²) in [4.78, 5) is 2.47. The number of nitrogens with zero attached hydrogens (tertiary/aromatic N) is 1. The molecule has 1 unspecified atom stereocenters. The number of hydrogen-bond donors (Lipinski definition) is 1. The van der Waals surface area contributed by atoms with Crippen molar-refractivity contribution >= 4 is 0 Å². The Morgan fingerprint density at radius 2 is 2.00 bits per heavy atom. The van der Waals surface area contributed by atoms with E-state index in [1.807, 2.05) is 0 Å². The molecular weight excluding hydrogens is 180 g/mol. The zero-order valence-corrected chi connectivity index (χ0v) is 8.71. The van der Waals surface area contributed by atoms with Gasteiger partial charge in [-0.25, -0.2) is 0 Å². The maximum absolute atomic E-state index is 5.42. The molecule has 0 spiro atoms. The number of hydrogen-bond acceptors (Lipinski definition) is 4. The molecule has 2 saturated heterocycles. The summed E-state index contributed by atoms with van der Waals surface area (Å²) in [5, 5.41) is 3.48. The van der Waals surface area contributed by atoms with E-state index in [1.54, 1.807) is 0 Å². The van der Waals surface area contributed by atoms with E-state index in [4.69, 9.17) is 9.47 Å². The summed E-state index contributed by atoms with van der Waals surface area (Å²) in [7, 11) is 0. The highest BCUT2D eigenvalue weighted by Crippen LogP contribution is 2.03. The first-order valence-electron chi connectivity index (χ1n) is 5.56. The zero-order valence-electron chi connectivity index (χ0n) is 8.71.